The molecule has 0 unspecified atom stereocenters. The van der Waals surface area contributed by atoms with Crippen molar-refractivity contribution >= 4 is 15.9 Å². The van der Waals surface area contributed by atoms with Crippen LogP contribution in [0.25, 0.3) is 0 Å². The van der Waals surface area contributed by atoms with Gasteiger partial charge in [0.2, 0.25) is 5.88 Å². The highest BCUT2D eigenvalue weighted by Crippen LogP contribution is 2.32. The van der Waals surface area contributed by atoms with Crippen LogP contribution in [0.3, 0.4) is 0 Å². The van der Waals surface area contributed by atoms with E-state index in [4.69, 9.17) is 10.00 Å². The first-order valence-electron chi connectivity index (χ1n) is 5.94. The Hall–Kier alpha value is -1.86. The van der Waals surface area contributed by atoms with Crippen molar-refractivity contribution in [2.45, 2.75) is 19.8 Å². The number of hydrogen-bond acceptors (Lipinski definition) is 3. The standard InChI is InChI=1S/C15H13BrN2O/c1-10(2)13-8-11(16)6-7-14(13)19-15-5-3-4-12(9-17)18-15/h3-8,10H,1-2H3. The fourth-order valence-electron chi connectivity index (χ4n) is 1.71. The average Bonchev–Trinajstić information content (AvgIpc) is 2.41. The number of nitriles is 1. The Morgan fingerprint density at radius 2 is 2.05 bits per heavy atom. The summed E-state index contributed by atoms with van der Waals surface area (Å²) in [6.45, 7) is 4.21. The van der Waals surface area contributed by atoms with E-state index in [1.165, 1.54) is 0 Å². The number of aromatic nitrogens is 1. The first-order chi connectivity index (χ1) is 9.10. The highest BCUT2D eigenvalue weighted by molar-refractivity contribution is 9.10. The zero-order valence-corrected chi connectivity index (χ0v) is 12.3. The van der Waals surface area contributed by atoms with Crippen LogP contribution in [-0.2, 0) is 0 Å². The molecule has 0 aliphatic rings. The number of benzene rings is 1. The minimum atomic E-state index is 0.339. The molecule has 0 saturated heterocycles. The highest BCUT2D eigenvalue weighted by Gasteiger charge is 2.10. The molecule has 4 heteroatoms. The SMILES string of the molecule is CC(C)c1cc(Br)ccc1Oc1cccc(C#N)n1. The molecule has 0 atom stereocenters. The fourth-order valence-corrected chi connectivity index (χ4v) is 2.09. The molecular formula is C15H13BrN2O. The van der Waals surface area contributed by atoms with Gasteiger partial charge >= 0.3 is 0 Å². The molecule has 1 heterocycles. The summed E-state index contributed by atoms with van der Waals surface area (Å²) >= 11 is 3.46. The Morgan fingerprint density at radius 1 is 1.26 bits per heavy atom. The Labute approximate surface area is 121 Å². The smallest absolute Gasteiger partial charge is 0.220 e. The van der Waals surface area contributed by atoms with Crippen LogP contribution < -0.4 is 4.74 Å². The molecule has 0 bridgehead atoms. The summed E-state index contributed by atoms with van der Waals surface area (Å²) in [6, 6.07) is 13.0. The maximum atomic E-state index is 8.83. The van der Waals surface area contributed by atoms with Crippen LogP contribution in [0.2, 0.25) is 0 Å². The predicted molar refractivity (Wildman–Crippen MR) is 77.3 cm³/mol. The molecule has 2 rings (SSSR count). The molecule has 0 aliphatic heterocycles. The van der Waals surface area contributed by atoms with Gasteiger partial charge in [-0.1, -0.05) is 35.8 Å². The van der Waals surface area contributed by atoms with Crippen LogP contribution in [0.1, 0.15) is 31.0 Å². The summed E-state index contributed by atoms with van der Waals surface area (Å²) < 4.78 is 6.80. The third-order valence-electron chi connectivity index (χ3n) is 2.65. The summed E-state index contributed by atoms with van der Waals surface area (Å²) in [6.07, 6.45) is 0. The topological polar surface area (TPSA) is 45.9 Å². The Morgan fingerprint density at radius 3 is 2.74 bits per heavy atom. The van der Waals surface area contributed by atoms with E-state index in [2.05, 4.69) is 34.8 Å². The summed E-state index contributed by atoms with van der Waals surface area (Å²) in [5.74, 6) is 1.54. The molecule has 0 amide bonds. The Kier molecular flexibility index (Phi) is 4.18. The molecule has 1 aromatic heterocycles. The predicted octanol–water partition coefficient (Wildman–Crippen LogP) is 4.63. The molecule has 0 saturated carbocycles. The number of hydrogen-bond donors (Lipinski definition) is 0. The van der Waals surface area contributed by atoms with Crippen LogP contribution in [0, 0.1) is 11.3 Å². The van der Waals surface area contributed by atoms with Gasteiger partial charge in [-0.25, -0.2) is 4.98 Å². The molecule has 0 fully saturated rings. The summed E-state index contributed by atoms with van der Waals surface area (Å²) in [5.41, 5.74) is 1.44. The molecular weight excluding hydrogens is 304 g/mol. The van der Waals surface area contributed by atoms with E-state index < -0.39 is 0 Å². The van der Waals surface area contributed by atoms with Gasteiger partial charge in [0.1, 0.15) is 17.5 Å². The van der Waals surface area contributed by atoms with Gasteiger partial charge in [-0.2, -0.15) is 5.26 Å². The van der Waals surface area contributed by atoms with Crippen molar-refractivity contribution in [3.05, 3.63) is 52.1 Å². The van der Waals surface area contributed by atoms with Gasteiger partial charge in [-0.3, -0.25) is 0 Å². The summed E-state index contributed by atoms with van der Waals surface area (Å²) in [7, 11) is 0. The Bertz CT molecular complexity index is 632. The summed E-state index contributed by atoms with van der Waals surface area (Å²) in [4.78, 5) is 4.11. The Balaban J connectivity index is 2.35. The van der Waals surface area contributed by atoms with Gasteiger partial charge in [-0.05, 0) is 35.7 Å². The van der Waals surface area contributed by atoms with Crippen LogP contribution in [0.4, 0.5) is 0 Å². The molecule has 1 aromatic carbocycles. The van der Waals surface area contributed by atoms with Crippen molar-refractivity contribution < 1.29 is 4.74 Å². The molecule has 0 spiro atoms. The minimum absolute atomic E-state index is 0.339. The molecule has 0 aliphatic carbocycles. The lowest BCUT2D eigenvalue weighted by atomic mass is 10.0. The molecule has 0 radical (unpaired) electrons. The first-order valence-corrected chi connectivity index (χ1v) is 6.74. The third-order valence-corrected chi connectivity index (χ3v) is 3.14. The van der Waals surface area contributed by atoms with E-state index in [-0.39, 0.29) is 0 Å². The summed E-state index contributed by atoms with van der Waals surface area (Å²) in [5, 5.41) is 8.83. The second-order valence-electron chi connectivity index (χ2n) is 4.41. The van der Waals surface area contributed by atoms with Crippen molar-refractivity contribution in [1.82, 2.24) is 4.98 Å². The normalized spacial score (nSPS) is 10.3. The monoisotopic (exact) mass is 316 g/mol. The maximum absolute atomic E-state index is 8.83. The van der Waals surface area contributed by atoms with Crippen LogP contribution in [0.15, 0.2) is 40.9 Å². The number of pyridine rings is 1. The van der Waals surface area contributed by atoms with Gasteiger partial charge in [-0.15, -0.1) is 0 Å². The van der Waals surface area contributed by atoms with Crippen molar-refractivity contribution in [3.8, 4) is 17.7 Å². The highest BCUT2D eigenvalue weighted by atomic mass is 79.9. The van der Waals surface area contributed by atoms with Crippen molar-refractivity contribution in [1.29, 1.82) is 5.26 Å². The van der Waals surface area contributed by atoms with Crippen LogP contribution in [-0.4, -0.2) is 4.98 Å². The number of ether oxygens (including phenoxy) is 1. The van der Waals surface area contributed by atoms with Gasteiger partial charge in [0.25, 0.3) is 0 Å². The molecule has 96 valence electrons. The lowest BCUT2D eigenvalue weighted by Gasteiger charge is -2.13. The van der Waals surface area contributed by atoms with Gasteiger partial charge in [0.15, 0.2) is 0 Å². The number of rotatable bonds is 3. The van der Waals surface area contributed by atoms with Crippen molar-refractivity contribution in [2.24, 2.45) is 0 Å². The van der Waals surface area contributed by atoms with Gasteiger partial charge in [0.05, 0.1) is 0 Å². The van der Waals surface area contributed by atoms with Crippen molar-refractivity contribution in [2.75, 3.05) is 0 Å². The maximum Gasteiger partial charge on any atom is 0.220 e. The molecule has 2 aromatic rings. The lowest BCUT2D eigenvalue weighted by Crippen LogP contribution is -1.96. The second kappa shape index (κ2) is 5.85. The average molecular weight is 317 g/mol. The molecule has 3 nitrogen and oxygen atoms in total. The zero-order chi connectivity index (χ0) is 13.8. The third kappa shape index (κ3) is 3.33. The lowest BCUT2D eigenvalue weighted by molar-refractivity contribution is 0.454. The van der Waals surface area contributed by atoms with E-state index >= 15 is 0 Å². The van der Waals surface area contributed by atoms with E-state index in [0.29, 0.717) is 17.5 Å². The minimum Gasteiger partial charge on any atom is -0.439 e. The van der Waals surface area contributed by atoms with Gasteiger partial charge in [0, 0.05) is 10.5 Å². The quantitative estimate of drug-likeness (QED) is 0.829. The molecule has 19 heavy (non-hydrogen) atoms. The van der Waals surface area contributed by atoms with Gasteiger partial charge < -0.3 is 4.74 Å². The number of halogens is 1. The fraction of sp³-hybridized carbons (Fsp3) is 0.200. The molecule has 0 N–H and O–H groups in total. The van der Waals surface area contributed by atoms with E-state index in [9.17, 15) is 0 Å². The van der Waals surface area contributed by atoms with E-state index in [1.54, 1.807) is 18.2 Å². The number of nitrogens with zero attached hydrogens (tertiary/aromatic N) is 2. The first kappa shape index (κ1) is 13.6. The largest absolute Gasteiger partial charge is 0.439 e. The van der Waals surface area contributed by atoms with E-state index in [1.807, 2.05) is 24.3 Å². The zero-order valence-electron chi connectivity index (χ0n) is 10.7. The van der Waals surface area contributed by atoms with Crippen molar-refractivity contribution in [3.63, 3.8) is 0 Å². The van der Waals surface area contributed by atoms with Crippen LogP contribution >= 0.6 is 15.9 Å². The van der Waals surface area contributed by atoms with E-state index in [0.717, 1.165) is 15.8 Å². The van der Waals surface area contributed by atoms with Crippen LogP contribution in [0.5, 0.6) is 11.6 Å². The second-order valence-corrected chi connectivity index (χ2v) is 5.33.